The van der Waals surface area contributed by atoms with Crippen LogP contribution in [0, 0.1) is 5.92 Å². The van der Waals surface area contributed by atoms with Gasteiger partial charge >= 0.3 is 0 Å². The molecule has 2 aliphatic rings. The molecule has 1 aromatic carbocycles. The van der Waals surface area contributed by atoms with Gasteiger partial charge in [0.2, 0.25) is 12.2 Å². The highest BCUT2D eigenvalue weighted by molar-refractivity contribution is 5.95. The summed E-state index contributed by atoms with van der Waals surface area (Å²) in [4.78, 5) is 28.2. The Hall–Kier alpha value is -2.80. The second-order valence-corrected chi connectivity index (χ2v) is 10.3. The van der Waals surface area contributed by atoms with Crippen molar-refractivity contribution in [2.75, 3.05) is 79.2 Å². The minimum absolute atomic E-state index is 0.0244. The van der Waals surface area contributed by atoms with Crippen LogP contribution >= 0.6 is 0 Å². The van der Waals surface area contributed by atoms with Crippen molar-refractivity contribution in [1.29, 1.82) is 0 Å². The summed E-state index contributed by atoms with van der Waals surface area (Å²) in [5.41, 5.74) is 1.71. The van der Waals surface area contributed by atoms with Gasteiger partial charge in [0.05, 0.1) is 58.4 Å². The molecule has 42 heavy (non-hydrogen) atoms. The lowest BCUT2D eigenvalue weighted by Crippen LogP contribution is -2.42. The topological polar surface area (TPSA) is 118 Å². The van der Waals surface area contributed by atoms with E-state index < -0.39 is 6.29 Å². The SMILES string of the molecule is CCOC1OC(C(=O)N2CCOCCOCCOCCOCC2)=CC(c2cn(C(C)=O)c3ccccc23)C1CCCO. The molecule has 3 unspecified atom stereocenters. The lowest BCUT2D eigenvalue weighted by molar-refractivity contribution is -0.170. The molecule has 0 saturated carbocycles. The summed E-state index contributed by atoms with van der Waals surface area (Å²) >= 11 is 0. The van der Waals surface area contributed by atoms with Crippen molar-refractivity contribution in [2.45, 2.75) is 38.9 Å². The highest BCUT2D eigenvalue weighted by Crippen LogP contribution is 2.42. The molecule has 0 spiro atoms. The van der Waals surface area contributed by atoms with E-state index in [1.54, 1.807) is 9.47 Å². The van der Waals surface area contributed by atoms with Crippen molar-refractivity contribution in [3.8, 4) is 0 Å². The Bertz CT molecular complexity index is 1160. The third-order valence-electron chi connectivity index (χ3n) is 7.48. The molecule has 3 atom stereocenters. The maximum atomic E-state index is 14.0. The van der Waals surface area contributed by atoms with Crippen LogP contribution in [0.15, 0.2) is 42.3 Å². The molecule has 3 heterocycles. The average Bonchev–Trinajstić information content (AvgIpc) is 3.38. The zero-order chi connectivity index (χ0) is 29.7. The number of benzene rings is 1. The Morgan fingerprint density at radius 3 is 2.17 bits per heavy atom. The number of carbonyl (C=O) groups excluding carboxylic acids is 2. The molecule has 1 fully saturated rings. The predicted octanol–water partition coefficient (Wildman–Crippen LogP) is 2.96. The summed E-state index contributed by atoms with van der Waals surface area (Å²) in [6.45, 7) is 7.90. The average molecular weight is 589 g/mol. The van der Waals surface area contributed by atoms with Crippen molar-refractivity contribution in [3.63, 3.8) is 0 Å². The zero-order valence-electron chi connectivity index (χ0n) is 24.7. The number of amides is 1. The fourth-order valence-corrected chi connectivity index (χ4v) is 5.43. The van der Waals surface area contributed by atoms with E-state index in [0.29, 0.717) is 85.4 Å². The van der Waals surface area contributed by atoms with Crippen LogP contribution in [0.2, 0.25) is 0 Å². The van der Waals surface area contributed by atoms with E-state index >= 15 is 0 Å². The number of carbonyl (C=O) groups is 2. The van der Waals surface area contributed by atoms with Crippen molar-refractivity contribution in [3.05, 3.63) is 47.9 Å². The van der Waals surface area contributed by atoms with Gasteiger partial charge in [-0.15, -0.1) is 0 Å². The molecule has 0 radical (unpaired) electrons. The smallest absolute Gasteiger partial charge is 0.288 e. The molecule has 1 N–H and O–H groups in total. The van der Waals surface area contributed by atoms with Gasteiger partial charge < -0.3 is 38.4 Å². The molecule has 232 valence electrons. The first-order valence-corrected chi connectivity index (χ1v) is 14.9. The maximum absolute atomic E-state index is 14.0. The molecule has 2 aliphatic heterocycles. The van der Waals surface area contributed by atoms with Gasteiger partial charge in [-0.1, -0.05) is 18.2 Å². The normalized spacial score (nSPS) is 23.5. The highest BCUT2D eigenvalue weighted by atomic mass is 16.7. The molecule has 11 heteroatoms. The van der Waals surface area contributed by atoms with E-state index in [9.17, 15) is 14.7 Å². The number of hydrogen-bond acceptors (Lipinski definition) is 9. The number of aliphatic hydroxyl groups excluding tert-OH is 1. The second kappa shape index (κ2) is 16.7. The second-order valence-electron chi connectivity index (χ2n) is 10.3. The molecular formula is C31H44N2O9. The molecule has 1 amide bonds. The molecule has 4 rings (SSSR count). The maximum Gasteiger partial charge on any atom is 0.288 e. The minimum Gasteiger partial charge on any atom is -0.459 e. The van der Waals surface area contributed by atoms with Crippen LogP contribution in [0.1, 0.15) is 43.0 Å². The molecule has 2 aromatic rings. The van der Waals surface area contributed by atoms with Gasteiger partial charge in [-0.25, -0.2) is 0 Å². The van der Waals surface area contributed by atoms with E-state index in [2.05, 4.69) is 0 Å². The third-order valence-corrected chi connectivity index (χ3v) is 7.48. The molecular weight excluding hydrogens is 544 g/mol. The number of hydrogen-bond donors (Lipinski definition) is 1. The Balaban J connectivity index is 1.66. The zero-order valence-corrected chi connectivity index (χ0v) is 24.7. The van der Waals surface area contributed by atoms with Gasteiger partial charge in [0.1, 0.15) is 0 Å². The fraction of sp³-hybridized carbons (Fsp3) is 0.613. The number of aromatic nitrogens is 1. The fourth-order valence-electron chi connectivity index (χ4n) is 5.43. The number of aliphatic hydroxyl groups is 1. The van der Waals surface area contributed by atoms with Gasteiger partial charge in [-0.05, 0) is 37.5 Å². The van der Waals surface area contributed by atoms with E-state index in [0.717, 1.165) is 16.5 Å². The van der Waals surface area contributed by atoms with Crippen molar-refractivity contribution in [1.82, 2.24) is 9.47 Å². The van der Waals surface area contributed by atoms with E-state index in [-0.39, 0.29) is 36.0 Å². The van der Waals surface area contributed by atoms with Crippen LogP contribution in [-0.4, -0.2) is 112 Å². The number of para-hydroxylation sites is 1. The predicted molar refractivity (Wildman–Crippen MR) is 155 cm³/mol. The number of nitrogens with zero attached hydrogens (tertiary/aromatic N) is 2. The third kappa shape index (κ3) is 8.40. The van der Waals surface area contributed by atoms with Gasteiger partial charge in [-0.2, -0.15) is 0 Å². The van der Waals surface area contributed by atoms with Crippen LogP contribution in [0.4, 0.5) is 0 Å². The molecule has 0 aliphatic carbocycles. The summed E-state index contributed by atoms with van der Waals surface area (Å²) < 4.78 is 36.4. The molecule has 0 bridgehead atoms. The van der Waals surface area contributed by atoms with E-state index in [1.165, 1.54) is 6.92 Å². The summed E-state index contributed by atoms with van der Waals surface area (Å²) in [7, 11) is 0. The standard InChI is InChI=1S/C31H44N2O9/c1-3-41-31-25(8-6-12-34)26(27-22-33(23(2)35)28-9-5-4-7-24(27)28)21-29(42-31)30(36)32-10-13-37-15-17-39-19-20-40-18-16-38-14-11-32/h4-5,7,9,21-22,25-26,31,34H,3,6,8,10-20H2,1-2H3. The Kier molecular flexibility index (Phi) is 12.8. The van der Waals surface area contributed by atoms with Crippen LogP contribution in [0.5, 0.6) is 0 Å². The van der Waals surface area contributed by atoms with E-state index in [4.69, 9.17) is 28.4 Å². The van der Waals surface area contributed by atoms with E-state index in [1.807, 2.05) is 43.5 Å². The quantitative estimate of drug-likeness (QED) is 0.521. The van der Waals surface area contributed by atoms with Crippen molar-refractivity contribution < 1.29 is 43.1 Å². The first kappa shape index (κ1) is 32.1. The van der Waals surface area contributed by atoms with Gasteiger partial charge in [0.25, 0.3) is 5.91 Å². The Labute approximate surface area is 247 Å². The van der Waals surface area contributed by atoms with Crippen LogP contribution < -0.4 is 0 Å². The monoisotopic (exact) mass is 588 g/mol. The van der Waals surface area contributed by atoms with Crippen LogP contribution in [0.25, 0.3) is 10.9 Å². The lowest BCUT2D eigenvalue weighted by Gasteiger charge is -2.38. The van der Waals surface area contributed by atoms with Crippen LogP contribution in [-0.2, 0) is 33.2 Å². The Morgan fingerprint density at radius 2 is 1.57 bits per heavy atom. The van der Waals surface area contributed by atoms with Gasteiger partial charge in [-0.3, -0.25) is 14.2 Å². The van der Waals surface area contributed by atoms with Gasteiger partial charge in [0.15, 0.2) is 5.76 Å². The van der Waals surface area contributed by atoms with Crippen molar-refractivity contribution >= 4 is 22.7 Å². The van der Waals surface area contributed by atoms with Crippen LogP contribution in [0.3, 0.4) is 0 Å². The minimum atomic E-state index is -0.708. The van der Waals surface area contributed by atoms with Crippen molar-refractivity contribution in [2.24, 2.45) is 5.92 Å². The summed E-state index contributed by atoms with van der Waals surface area (Å²) in [6.07, 6.45) is 4.15. The largest absolute Gasteiger partial charge is 0.459 e. The first-order chi connectivity index (χ1) is 20.5. The Morgan fingerprint density at radius 1 is 0.952 bits per heavy atom. The lowest BCUT2D eigenvalue weighted by atomic mass is 9.80. The number of rotatable bonds is 7. The summed E-state index contributed by atoms with van der Waals surface area (Å²) in [6, 6.07) is 7.74. The highest BCUT2D eigenvalue weighted by Gasteiger charge is 2.40. The molecule has 1 saturated heterocycles. The molecule has 1 aromatic heterocycles. The molecule has 11 nitrogen and oxygen atoms in total. The number of ether oxygens (including phenoxy) is 6. The number of allylic oxidation sites excluding steroid dienone is 1. The summed E-state index contributed by atoms with van der Waals surface area (Å²) in [5, 5.41) is 10.6. The van der Waals surface area contributed by atoms with Gasteiger partial charge in [0, 0.05) is 56.6 Å². The summed E-state index contributed by atoms with van der Waals surface area (Å²) in [5.74, 6) is -0.686. The number of fused-ring (bicyclic) bond motifs is 1. The first-order valence-electron chi connectivity index (χ1n) is 14.9.